The monoisotopic (exact) mass is 246 g/mol. The van der Waals surface area contributed by atoms with Crippen LogP contribution in [0.3, 0.4) is 0 Å². The summed E-state index contributed by atoms with van der Waals surface area (Å²) in [5.41, 5.74) is 10.3. The molecular weight excluding hydrogens is 224 g/mol. The van der Waals surface area contributed by atoms with Crippen molar-refractivity contribution in [3.05, 3.63) is 0 Å². The number of carbonyl (C=O) groups is 1. The Balaban J connectivity index is 3.91. The van der Waals surface area contributed by atoms with Crippen LogP contribution in [0.4, 0.5) is 0 Å². The first-order valence-electron chi connectivity index (χ1n) is 5.67. The zero-order chi connectivity index (χ0) is 13.3. The second-order valence-corrected chi connectivity index (χ2v) is 3.81. The molecule has 0 aromatic rings. The van der Waals surface area contributed by atoms with Gasteiger partial charge >= 0.3 is 5.97 Å². The number of nitrogens with one attached hydrogen (secondary N) is 1. The molecule has 0 saturated carbocycles. The first-order valence-corrected chi connectivity index (χ1v) is 5.67. The van der Waals surface area contributed by atoms with Crippen molar-refractivity contribution >= 4 is 11.9 Å². The fraction of sp³-hybridized carbons (Fsp3) is 0.800. The average molecular weight is 246 g/mol. The van der Waals surface area contributed by atoms with Crippen LogP contribution in [0, 0.1) is 0 Å². The van der Waals surface area contributed by atoms with Gasteiger partial charge < -0.3 is 27.0 Å². The van der Waals surface area contributed by atoms with Crippen molar-refractivity contribution in [2.75, 3.05) is 13.1 Å². The molecule has 0 aliphatic carbocycles. The van der Waals surface area contributed by atoms with Crippen molar-refractivity contribution < 1.29 is 15.0 Å². The topological polar surface area (TPSA) is 134 Å². The fourth-order valence-electron chi connectivity index (χ4n) is 1.24. The zero-order valence-corrected chi connectivity index (χ0v) is 10.1. The number of nitrogens with two attached hydrogens (primary N) is 2. The van der Waals surface area contributed by atoms with E-state index in [1.807, 2.05) is 6.92 Å². The molecule has 1 unspecified atom stereocenters. The van der Waals surface area contributed by atoms with Gasteiger partial charge in [-0.05, 0) is 19.3 Å². The third-order valence-corrected chi connectivity index (χ3v) is 2.31. The highest BCUT2D eigenvalue weighted by molar-refractivity contribution is 5.75. The van der Waals surface area contributed by atoms with Crippen LogP contribution < -0.4 is 16.8 Å². The van der Waals surface area contributed by atoms with Crippen molar-refractivity contribution in [2.45, 2.75) is 38.3 Å². The summed E-state index contributed by atoms with van der Waals surface area (Å²) in [6.07, 6.45) is 1.06. The lowest BCUT2D eigenvalue weighted by molar-refractivity contribution is -0.139. The number of nitrogens with zero attached hydrogens (tertiary/aromatic N) is 1. The molecule has 0 amide bonds. The first kappa shape index (κ1) is 15.7. The van der Waals surface area contributed by atoms with Crippen molar-refractivity contribution in [3.8, 4) is 0 Å². The van der Waals surface area contributed by atoms with Gasteiger partial charge in [-0.25, -0.2) is 0 Å². The van der Waals surface area contributed by atoms with Gasteiger partial charge in [0, 0.05) is 13.1 Å². The van der Waals surface area contributed by atoms with E-state index in [0.29, 0.717) is 25.8 Å². The van der Waals surface area contributed by atoms with E-state index in [0.717, 1.165) is 0 Å². The second-order valence-electron chi connectivity index (χ2n) is 3.81. The number of aliphatic imine (C=N–C) groups is 1. The number of aliphatic hydroxyl groups is 1. The normalized spacial score (nSPS) is 14.0. The van der Waals surface area contributed by atoms with Gasteiger partial charge in [-0.15, -0.1) is 0 Å². The summed E-state index contributed by atoms with van der Waals surface area (Å²) in [6.45, 7) is 2.51. The summed E-state index contributed by atoms with van der Waals surface area (Å²) < 4.78 is 0. The van der Waals surface area contributed by atoms with Gasteiger partial charge in [0.05, 0.1) is 6.10 Å². The Hall–Kier alpha value is -1.34. The van der Waals surface area contributed by atoms with Crippen LogP contribution in [0.15, 0.2) is 4.99 Å². The Morgan fingerprint density at radius 1 is 1.47 bits per heavy atom. The Morgan fingerprint density at radius 3 is 2.59 bits per heavy atom. The molecular formula is C10H22N4O3. The minimum atomic E-state index is -0.932. The van der Waals surface area contributed by atoms with Gasteiger partial charge in [0.1, 0.15) is 6.04 Å². The van der Waals surface area contributed by atoms with Crippen LogP contribution in [0.2, 0.25) is 0 Å². The van der Waals surface area contributed by atoms with Gasteiger partial charge in [-0.2, -0.15) is 0 Å². The van der Waals surface area contributed by atoms with Crippen LogP contribution in [0.25, 0.3) is 0 Å². The summed E-state index contributed by atoms with van der Waals surface area (Å²) in [5, 5.41) is 21.1. The number of carboxylic acid groups (broad SMARTS) is 1. The van der Waals surface area contributed by atoms with E-state index in [9.17, 15) is 9.90 Å². The number of carboxylic acids is 1. The Bertz CT molecular complexity index is 254. The maximum absolute atomic E-state index is 10.9. The van der Waals surface area contributed by atoms with Gasteiger partial charge in [0.2, 0.25) is 0 Å². The van der Waals surface area contributed by atoms with Crippen LogP contribution in [-0.2, 0) is 4.79 Å². The third kappa shape index (κ3) is 8.47. The molecule has 0 aromatic carbocycles. The molecule has 2 atom stereocenters. The Morgan fingerprint density at radius 2 is 2.12 bits per heavy atom. The molecule has 0 spiro atoms. The van der Waals surface area contributed by atoms with Crippen LogP contribution in [0.5, 0.6) is 0 Å². The summed E-state index contributed by atoms with van der Waals surface area (Å²) >= 11 is 0. The highest BCUT2D eigenvalue weighted by Gasteiger charge is 2.16. The van der Waals surface area contributed by atoms with E-state index in [1.54, 1.807) is 0 Å². The second kappa shape index (κ2) is 8.77. The van der Waals surface area contributed by atoms with Crippen LogP contribution in [0.1, 0.15) is 26.2 Å². The maximum Gasteiger partial charge on any atom is 0.320 e. The number of hydrogen-bond acceptors (Lipinski definition) is 4. The van der Waals surface area contributed by atoms with Gasteiger partial charge in [0.25, 0.3) is 0 Å². The third-order valence-electron chi connectivity index (χ3n) is 2.31. The molecule has 0 fully saturated rings. The predicted molar refractivity (Wildman–Crippen MR) is 65.6 cm³/mol. The molecule has 0 aliphatic heterocycles. The van der Waals surface area contributed by atoms with Gasteiger partial charge in [-0.1, -0.05) is 6.92 Å². The molecule has 7 heteroatoms. The number of aliphatic carboxylic acids is 1. The molecule has 0 heterocycles. The van der Waals surface area contributed by atoms with E-state index >= 15 is 0 Å². The van der Waals surface area contributed by atoms with Crippen molar-refractivity contribution in [3.63, 3.8) is 0 Å². The van der Waals surface area contributed by atoms with Crippen LogP contribution >= 0.6 is 0 Å². The lowest BCUT2D eigenvalue weighted by Crippen LogP contribution is -2.40. The van der Waals surface area contributed by atoms with E-state index in [2.05, 4.69) is 10.3 Å². The average Bonchev–Trinajstić information content (AvgIpc) is 2.26. The summed E-state index contributed by atoms with van der Waals surface area (Å²) in [6, 6.07) is -0.676. The molecule has 0 rings (SSSR count). The number of aliphatic hydroxyl groups excluding tert-OH is 1. The van der Waals surface area contributed by atoms with Crippen LogP contribution in [-0.4, -0.2) is 47.4 Å². The highest BCUT2D eigenvalue weighted by atomic mass is 16.4. The summed E-state index contributed by atoms with van der Waals surface area (Å²) in [4.78, 5) is 14.7. The van der Waals surface area contributed by atoms with E-state index in [4.69, 9.17) is 16.6 Å². The number of rotatable bonds is 9. The maximum atomic E-state index is 10.9. The zero-order valence-electron chi connectivity index (χ0n) is 10.1. The summed E-state index contributed by atoms with van der Waals surface area (Å²) in [5.74, 6) is -0.927. The Labute approximate surface area is 101 Å². The molecule has 100 valence electrons. The Kier molecular flexibility index (Phi) is 8.08. The van der Waals surface area contributed by atoms with E-state index in [-0.39, 0.29) is 12.5 Å². The fourth-order valence-corrected chi connectivity index (χ4v) is 1.24. The van der Waals surface area contributed by atoms with E-state index < -0.39 is 18.1 Å². The molecule has 17 heavy (non-hydrogen) atoms. The van der Waals surface area contributed by atoms with Crippen molar-refractivity contribution in [1.29, 1.82) is 0 Å². The minimum Gasteiger partial charge on any atom is -0.480 e. The van der Waals surface area contributed by atoms with Gasteiger partial charge in [0.15, 0.2) is 5.96 Å². The largest absolute Gasteiger partial charge is 0.480 e. The van der Waals surface area contributed by atoms with Crippen molar-refractivity contribution in [2.24, 2.45) is 16.5 Å². The number of guanidine groups is 1. The van der Waals surface area contributed by atoms with E-state index in [1.165, 1.54) is 0 Å². The quantitative estimate of drug-likeness (QED) is 0.198. The minimum absolute atomic E-state index is 0.00578. The smallest absolute Gasteiger partial charge is 0.320 e. The predicted octanol–water partition coefficient (Wildman–Crippen LogP) is -1.15. The number of hydrogen-bond donors (Lipinski definition) is 5. The molecule has 7 N–H and O–H groups in total. The molecule has 7 nitrogen and oxygen atoms in total. The molecule has 0 bridgehead atoms. The lowest BCUT2D eigenvalue weighted by Gasteiger charge is -2.16. The molecule has 0 saturated heterocycles. The standard InChI is InChI=1S/C10H22N4O3/c1-2-7(15)6-14-8(9(16)17)4-3-5-13-10(11)12/h7-8,14-15H,2-6H2,1H3,(H,16,17)(H4,11,12,13)/t7?,8-/m0/s1. The van der Waals surface area contributed by atoms with Gasteiger partial charge in [-0.3, -0.25) is 9.79 Å². The SMILES string of the molecule is CCC(O)CN[C@@H](CCCN=C(N)N)C(=O)O. The van der Waals surface area contributed by atoms with Crippen molar-refractivity contribution in [1.82, 2.24) is 5.32 Å². The first-order chi connectivity index (χ1) is 7.97. The molecule has 0 aromatic heterocycles. The highest BCUT2D eigenvalue weighted by Crippen LogP contribution is 1.99. The lowest BCUT2D eigenvalue weighted by atomic mass is 10.1. The summed E-state index contributed by atoms with van der Waals surface area (Å²) in [7, 11) is 0. The molecule has 0 radical (unpaired) electrons. The molecule has 0 aliphatic rings.